The first-order valence-corrected chi connectivity index (χ1v) is 20.1. The van der Waals surface area contributed by atoms with Gasteiger partial charge in [0, 0.05) is 22.3 Å². The summed E-state index contributed by atoms with van der Waals surface area (Å²) in [5.41, 5.74) is 25.2. The molecule has 0 aromatic heterocycles. The zero-order valence-electron chi connectivity index (χ0n) is 31.2. The normalized spacial score (nSPS) is 13.1. The van der Waals surface area contributed by atoms with Crippen LogP contribution >= 0.6 is 0 Å². The number of hydrogen-bond acceptors (Lipinski definition) is 2. The van der Waals surface area contributed by atoms with Crippen molar-refractivity contribution in [2.75, 3.05) is 14.2 Å². The van der Waals surface area contributed by atoms with Crippen molar-refractivity contribution in [3.63, 3.8) is 0 Å². The average molecular weight is 737 g/mol. The average Bonchev–Trinajstić information content (AvgIpc) is 3.36. The Labute approximate surface area is 298 Å². The number of rotatable bonds is 22. The number of nitrogens with zero attached hydrogens (tertiary/aromatic N) is 2. The third-order valence-corrected chi connectivity index (χ3v) is 9.47. The van der Waals surface area contributed by atoms with Gasteiger partial charge in [0.2, 0.25) is 11.4 Å². The fourth-order valence-corrected chi connectivity index (χ4v) is 6.70. The summed E-state index contributed by atoms with van der Waals surface area (Å²) >= 11 is 0.0444. The zero-order chi connectivity index (χ0) is 34.4. The van der Waals surface area contributed by atoms with E-state index in [1.165, 1.54) is 95.9 Å². The SMILES string of the molecule is CCCCC1=C(c2cc(CCCC)cc(CCCC)c2)[N+](=[N-])C(c2cc(CCCC)cc(CCCC)c2)=C1CCCC.C[O][Pd][O]C. The van der Waals surface area contributed by atoms with E-state index in [1.807, 2.05) is 0 Å². The Hall–Kier alpha value is -1.90. The van der Waals surface area contributed by atoms with Gasteiger partial charge >= 0.3 is 39.9 Å². The summed E-state index contributed by atoms with van der Waals surface area (Å²) in [5.74, 6) is 0. The van der Waals surface area contributed by atoms with E-state index >= 15 is 0 Å². The minimum atomic E-state index is 0.0444. The van der Waals surface area contributed by atoms with Crippen molar-refractivity contribution in [2.24, 2.45) is 0 Å². The van der Waals surface area contributed by atoms with Crippen molar-refractivity contribution in [3.05, 3.63) is 86.5 Å². The molecule has 0 fully saturated rings. The first-order valence-electron chi connectivity index (χ1n) is 18.8. The minimum absolute atomic E-state index is 0.0444. The van der Waals surface area contributed by atoms with Gasteiger partial charge in [-0.05, 0) is 124 Å². The maximum absolute atomic E-state index is 12.3. The molecule has 0 unspecified atom stereocenters. The van der Waals surface area contributed by atoms with Crippen LogP contribution in [0.5, 0.6) is 0 Å². The fourth-order valence-electron chi connectivity index (χ4n) is 6.44. The Morgan fingerprint density at radius 3 is 0.979 bits per heavy atom. The second kappa shape index (κ2) is 24.3. The second-order valence-corrected chi connectivity index (χ2v) is 14.5. The van der Waals surface area contributed by atoms with Crippen molar-refractivity contribution in [3.8, 4) is 0 Å². The van der Waals surface area contributed by atoms with Crippen LogP contribution in [-0.2, 0) is 51.3 Å². The molecule has 2 aromatic carbocycles. The third-order valence-electron chi connectivity index (χ3n) is 8.95. The first-order chi connectivity index (χ1) is 22.9. The third kappa shape index (κ3) is 13.5. The maximum atomic E-state index is 12.3. The van der Waals surface area contributed by atoms with Crippen molar-refractivity contribution >= 4 is 11.4 Å². The van der Waals surface area contributed by atoms with Gasteiger partial charge in [0.15, 0.2) is 0 Å². The van der Waals surface area contributed by atoms with Crippen LogP contribution in [0.25, 0.3) is 16.9 Å². The van der Waals surface area contributed by atoms with E-state index in [2.05, 4.69) is 84.9 Å². The van der Waals surface area contributed by atoms with Crippen LogP contribution in [0.3, 0.4) is 0 Å². The van der Waals surface area contributed by atoms with Crippen molar-refractivity contribution in [1.82, 2.24) is 0 Å². The summed E-state index contributed by atoms with van der Waals surface area (Å²) in [6.07, 6.45) is 20.7. The van der Waals surface area contributed by atoms with Crippen molar-refractivity contribution in [2.45, 2.75) is 157 Å². The molecule has 1 aliphatic heterocycles. The van der Waals surface area contributed by atoms with Crippen molar-refractivity contribution in [1.29, 1.82) is 0 Å². The van der Waals surface area contributed by atoms with E-state index in [0.29, 0.717) is 0 Å². The molecule has 0 atom stereocenters. The molecule has 0 radical (unpaired) electrons. The number of unbranched alkanes of at least 4 members (excludes halogenated alkanes) is 6. The van der Waals surface area contributed by atoms with Gasteiger partial charge in [0.05, 0.1) is 0 Å². The number of benzene rings is 2. The van der Waals surface area contributed by atoms with Gasteiger partial charge in [0.25, 0.3) is 0 Å². The molecule has 2 aromatic rings. The predicted molar refractivity (Wildman–Crippen MR) is 198 cm³/mol. The molecular formula is C42H66N2O2Pd. The molecule has 0 bridgehead atoms. The molecule has 5 heteroatoms. The quantitative estimate of drug-likeness (QED) is 0.0892. The Balaban J connectivity index is 0.00000142. The van der Waals surface area contributed by atoms with Gasteiger partial charge in [-0.3, -0.25) is 0 Å². The summed E-state index contributed by atoms with van der Waals surface area (Å²) in [4.78, 5) is 0. The van der Waals surface area contributed by atoms with E-state index in [1.54, 1.807) is 18.9 Å². The van der Waals surface area contributed by atoms with Crippen LogP contribution in [0.2, 0.25) is 0 Å². The molecule has 1 aliphatic rings. The number of hydrogen-bond donors (Lipinski definition) is 0. The second-order valence-electron chi connectivity index (χ2n) is 13.0. The van der Waals surface area contributed by atoms with Gasteiger partial charge in [0.1, 0.15) is 0 Å². The van der Waals surface area contributed by atoms with E-state index in [0.717, 1.165) is 75.6 Å². The topological polar surface area (TPSA) is 43.8 Å². The van der Waals surface area contributed by atoms with Gasteiger partial charge < -0.3 is 5.53 Å². The molecule has 47 heavy (non-hydrogen) atoms. The molecular weight excluding hydrogens is 671 g/mol. The first kappa shape index (κ1) is 41.3. The van der Waals surface area contributed by atoms with E-state index < -0.39 is 0 Å². The zero-order valence-corrected chi connectivity index (χ0v) is 32.8. The summed E-state index contributed by atoms with van der Waals surface area (Å²) in [7, 11) is 3.22. The van der Waals surface area contributed by atoms with Crippen LogP contribution in [0.1, 0.15) is 165 Å². The Morgan fingerprint density at radius 2 is 0.745 bits per heavy atom. The predicted octanol–water partition coefficient (Wildman–Crippen LogP) is 12.8. The molecule has 266 valence electrons. The van der Waals surface area contributed by atoms with Gasteiger partial charge in [-0.15, -0.1) is 0 Å². The molecule has 0 saturated heterocycles. The van der Waals surface area contributed by atoms with Crippen LogP contribution in [0, 0.1) is 0 Å². The molecule has 0 N–H and O–H groups in total. The molecule has 4 nitrogen and oxygen atoms in total. The van der Waals surface area contributed by atoms with E-state index in [4.69, 9.17) is 0 Å². The summed E-state index contributed by atoms with van der Waals surface area (Å²) < 4.78 is 10.7. The molecule has 0 amide bonds. The van der Waals surface area contributed by atoms with Crippen LogP contribution in [-0.4, -0.2) is 18.9 Å². The summed E-state index contributed by atoms with van der Waals surface area (Å²) in [6, 6.07) is 14.4. The molecule has 0 aliphatic carbocycles. The number of allylic oxidation sites excluding steroid dienone is 2. The van der Waals surface area contributed by atoms with Crippen molar-refractivity contribution < 1.29 is 30.3 Å². The Kier molecular flexibility index (Phi) is 21.3. The van der Waals surface area contributed by atoms with Crippen LogP contribution in [0.4, 0.5) is 0 Å². The fraction of sp³-hybridized carbons (Fsp3) is 0.619. The molecule has 0 saturated carbocycles. The Morgan fingerprint density at radius 1 is 0.468 bits per heavy atom. The molecule has 0 spiro atoms. The summed E-state index contributed by atoms with van der Waals surface area (Å²) in [5, 5.41) is 0. The van der Waals surface area contributed by atoms with E-state index in [-0.39, 0.29) is 18.7 Å². The van der Waals surface area contributed by atoms with Gasteiger partial charge in [-0.1, -0.05) is 92.2 Å². The van der Waals surface area contributed by atoms with Gasteiger partial charge in [-0.25, -0.2) is 4.70 Å². The summed E-state index contributed by atoms with van der Waals surface area (Å²) in [6.45, 7) is 13.7. The number of aryl methyl sites for hydroxylation is 4. The molecule has 3 rings (SSSR count). The van der Waals surface area contributed by atoms with Crippen LogP contribution < -0.4 is 0 Å². The van der Waals surface area contributed by atoms with Gasteiger partial charge in [-0.2, -0.15) is 0 Å². The van der Waals surface area contributed by atoms with E-state index in [9.17, 15) is 5.53 Å². The monoisotopic (exact) mass is 736 g/mol. The standard InChI is InChI=1S/C40H60N2.2CH3O.Pd/c1-7-13-19-31-25-32(20-14-8-2)28-35(27-31)39-37(23-17-11-5)38(24-18-12-6)40(42(39)41)36-29-33(21-15-9-3)26-34(30-36)22-16-10-4;2*1-2;/h25-30H,7-24H2,1-6H3;2*1H3;/q;2*-1;+2. The Bertz CT molecular complexity index is 1130. The molecule has 1 heterocycles. The van der Waals surface area contributed by atoms with Crippen LogP contribution in [0.15, 0.2) is 47.5 Å².